The Morgan fingerprint density at radius 2 is 1.63 bits per heavy atom. The molecule has 0 saturated carbocycles. The Morgan fingerprint density at radius 1 is 0.967 bits per heavy atom. The number of fused-ring (bicyclic) bond motifs is 1. The van der Waals surface area contributed by atoms with Crippen molar-refractivity contribution in [2.45, 2.75) is 6.17 Å². The Morgan fingerprint density at radius 3 is 2.37 bits per heavy atom. The third-order valence-electron chi connectivity index (χ3n) is 4.72. The first kappa shape index (κ1) is 19.3. The van der Waals surface area contributed by atoms with Crippen LogP contribution in [0.1, 0.15) is 22.1 Å². The zero-order valence-corrected chi connectivity index (χ0v) is 16.4. The minimum Gasteiger partial charge on any atom is -0.497 e. The van der Waals surface area contributed by atoms with Crippen LogP contribution in [0.5, 0.6) is 11.5 Å². The van der Waals surface area contributed by atoms with Gasteiger partial charge in [0.15, 0.2) is 6.61 Å². The summed E-state index contributed by atoms with van der Waals surface area (Å²) in [5.74, 6) is 0.484. The number of methoxy groups -OCH3 is 1. The van der Waals surface area contributed by atoms with E-state index >= 15 is 0 Å². The fourth-order valence-corrected chi connectivity index (χ4v) is 3.22. The number of rotatable bonds is 6. The molecule has 0 aromatic heterocycles. The van der Waals surface area contributed by atoms with Crippen LogP contribution in [0.2, 0.25) is 0 Å². The normalized spacial score (nSPS) is 15.0. The predicted octanol–water partition coefficient (Wildman–Crippen LogP) is 3.37. The van der Waals surface area contributed by atoms with Gasteiger partial charge in [-0.2, -0.15) is 0 Å². The Kier molecular flexibility index (Phi) is 5.52. The van der Waals surface area contributed by atoms with Crippen LogP contribution in [0.15, 0.2) is 78.9 Å². The lowest BCUT2D eigenvalue weighted by Gasteiger charge is -2.37. The van der Waals surface area contributed by atoms with E-state index in [2.05, 4.69) is 10.7 Å². The van der Waals surface area contributed by atoms with Crippen molar-refractivity contribution in [3.05, 3.63) is 90.0 Å². The number of nitrogens with one attached hydrogen (secondary N) is 2. The fraction of sp³-hybridized carbons (Fsp3) is 0.130. The molecular weight excluding hydrogens is 382 g/mol. The summed E-state index contributed by atoms with van der Waals surface area (Å²) in [7, 11) is 1.58. The van der Waals surface area contributed by atoms with Crippen molar-refractivity contribution in [3.8, 4) is 11.5 Å². The van der Waals surface area contributed by atoms with Crippen molar-refractivity contribution in [3.63, 3.8) is 0 Å². The number of hydrazine groups is 1. The average molecular weight is 403 g/mol. The lowest BCUT2D eigenvalue weighted by Crippen LogP contribution is -2.53. The SMILES string of the molecule is COc1ccc(OCC(=O)NN2C(=O)c3ccccc3NC2c2ccccc2)cc1. The molecule has 0 radical (unpaired) electrons. The highest BCUT2D eigenvalue weighted by Gasteiger charge is 2.34. The van der Waals surface area contributed by atoms with E-state index in [-0.39, 0.29) is 12.5 Å². The molecule has 1 heterocycles. The summed E-state index contributed by atoms with van der Waals surface area (Å²) >= 11 is 0. The summed E-state index contributed by atoms with van der Waals surface area (Å²) in [6, 6.07) is 23.6. The van der Waals surface area contributed by atoms with E-state index in [0.29, 0.717) is 17.1 Å². The Labute approximate surface area is 174 Å². The van der Waals surface area contributed by atoms with E-state index in [9.17, 15) is 9.59 Å². The van der Waals surface area contributed by atoms with Crippen LogP contribution in [-0.4, -0.2) is 30.5 Å². The van der Waals surface area contributed by atoms with Gasteiger partial charge in [0.25, 0.3) is 11.8 Å². The topological polar surface area (TPSA) is 79.9 Å². The number of carbonyl (C=O) groups excluding carboxylic acids is 2. The van der Waals surface area contributed by atoms with E-state index in [0.717, 1.165) is 11.3 Å². The molecule has 1 aliphatic rings. The van der Waals surface area contributed by atoms with Crippen molar-refractivity contribution < 1.29 is 19.1 Å². The average Bonchev–Trinajstić information content (AvgIpc) is 2.80. The van der Waals surface area contributed by atoms with E-state index in [4.69, 9.17) is 9.47 Å². The van der Waals surface area contributed by atoms with Gasteiger partial charge in [-0.15, -0.1) is 0 Å². The maximum atomic E-state index is 13.1. The van der Waals surface area contributed by atoms with E-state index in [1.807, 2.05) is 42.5 Å². The van der Waals surface area contributed by atoms with Gasteiger partial charge in [-0.1, -0.05) is 42.5 Å². The van der Waals surface area contributed by atoms with Crippen LogP contribution in [0.3, 0.4) is 0 Å². The summed E-state index contributed by atoms with van der Waals surface area (Å²) in [6.07, 6.45) is -0.543. The first-order valence-corrected chi connectivity index (χ1v) is 9.46. The van der Waals surface area contributed by atoms with Crippen LogP contribution in [0.25, 0.3) is 0 Å². The standard InChI is InChI=1S/C23H21N3O4/c1-29-17-11-13-18(14-12-17)30-15-21(27)25-26-22(16-7-3-2-4-8-16)24-20-10-6-5-9-19(20)23(26)28/h2-14,22,24H,15H2,1H3,(H,25,27). The molecule has 2 N–H and O–H groups in total. The van der Waals surface area contributed by atoms with Gasteiger partial charge in [0.1, 0.15) is 17.7 Å². The van der Waals surface area contributed by atoms with Gasteiger partial charge in [0.2, 0.25) is 0 Å². The largest absolute Gasteiger partial charge is 0.497 e. The molecule has 3 aromatic carbocycles. The van der Waals surface area contributed by atoms with Crippen LogP contribution < -0.4 is 20.2 Å². The molecule has 30 heavy (non-hydrogen) atoms. The second-order valence-electron chi connectivity index (χ2n) is 6.68. The van der Waals surface area contributed by atoms with Crippen LogP contribution in [0, 0.1) is 0 Å². The molecule has 0 aliphatic carbocycles. The molecule has 2 amide bonds. The molecule has 152 valence electrons. The highest BCUT2D eigenvalue weighted by Crippen LogP contribution is 2.31. The van der Waals surface area contributed by atoms with Crippen molar-refractivity contribution in [1.82, 2.24) is 10.4 Å². The molecule has 4 rings (SSSR count). The van der Waals surface area contributed by atoms with Crippen molar-refractivity contribution >= 4 is 17.5 Å². The number of carbonyl (C=O) groups is 2. The monoisotopic (exact) mass is 403 g/mol. The van der Waals surface area contributed by atoms with Gasteiger partial charge >= 0.3 is 0 Å². The second kappa shape index (κ2) is 8.57. The number of hydrogen-bond acceptors (Lipinski definition) is 5. The summed E-state index contributed by atoms with van der Waals surface area (Å²) in [6.45, 7) is -0.237. The Bertz CT molecular complexity index is 1040. The summed E-state index contributed by atoms with van der Waals surface area (Å²) < 4.78 is 10.6. The first-order valence-electron chi connectivity index (χ1n) is 9.46. The van der Waals surface area contributed by atoms with Gasteiger partial charge in [-0.3, -0.25) is 15.0 Å². The van der Waals surface area contributed by atoms with E-state index in [1.165, 1.54) is 5.01 Å². The predicted molar refractivity (Wildman–Crippen MR) is 112 cm³/mol. The molecule has 1 atom stereocenters. The molecule has 0 fully saturated rings. The Balaban J connectivity index is 1.50. The molecule has 0 saturated heterocycles. The minimum absolute atomic E-state index is 0.237. The van der Waals surface area contributed by atoms with E-state index < -0.39 is 12.1 Å². The van der Waals surface area contributed by atoms with Gasteiger partial charge < -0.3 is 14.8 Å². The van der Waals surface area contributed by atoms with Crippen LogP contribution >= 0.6 is 0 Å². The number of ether oxygens (including phenoxy) is 2. The lowest BCUT2D eigenvalue weighted by atomic mass is 10.1. The quantitative estimate of drug-likeness (QED) is 0.660. The zero-order chi connectivity index (χ0) is 20.9. The lowest BCUT2D eigenvalue weighted by molar-refractivity contribution is -0.127. The maximum Gasteiger partial charge on any atom is 0.276 e. The molecule has 0 spiro atoms. The third-order valence-corrected chi connectivity index (χ3v) is 4.72. The molecule has 3 aromatic rings. The number of anilines is 1. The number of hydrogen-bond donors (Lipinski definition) is 2. The third kappa shape index (κ3) is 4.05. The van der Waals surface area contributed by atoms with Gasteiger partial charge in [-0.05, 0) is 42.0 Å². The highest BCUT2D eigenvalue weighted by atomic mass is 16.5. The van der Waals surface area contributed by atoms with Crippen molar-refractivity contribution in [1.29, 1.82) is 0 Å². The number of nitrogens with zero attached hydrogens (tertiary/aromatic N) is 1. The fourth-order valence-electron chi connectivity index (χ4n) is 3.22. The molecule has 7 heteroatoms. The molecular formula is C23H21N3O4. The molecule has 7 nitrogen and oxygen atoms in total. The van der Waals surface area contributed by atoms with Crippen molar-refractivity contribution in [2.75, 3.05) is 19.0 Å². The second-order valence-corrected chi connectivity index (χ2v) is 6.68. The molecule has 0 bridgehead atoms. The molecule has 1 aliphatic heterocycles. The maximum absolute atomic E-state index is 13.1. The summed E-state index contributed by atoms with van der Waals surface area (Å²) in [5, 5.41) is 4.62. The number of amides is 2. The van der Waals surface area contributed by atoms with E-state index in [1.54, 1.807) is 43.5 Å². The number of para-hydroxylation sites is 1. The van der Waals surface area contributed by atoms with Gasteiger partial charge in [0, 0.05) is 5.69 Å². The van der Waals surface area contributed by atoms with Crippen LogP contribution in [0.4, 0.5) is 5.69 Å². The Hall–Kier alpha value is -4.00. The van der Waals surface area contributed by atoms with Gasteiger partial charge in [0.05, 0.1) is 12.7 Å². The van der Waals surface area contributed by atoms with Gasteiger partial charge in [-0.25, -0.2) is 5.01 Å². The zero-order valence-electron chi connectivity index (χ0n) is 16.4. The summed E-state index contributed by atoms with van der Waals surface area (Å²) in [4.78, 5) is 25.7. The minimum atomic E-state index is -0.543. The summed E-state index contributed by atoms with van der Waals surface area (Å²) in [5.41, 5.74) is 4.73. The van der Waals surface area contributed by atoms with Crippen LogP contribution in [-0.2, 0) is 4.79 Å². The smallest absolute Gasteiger partial charge is 0.276 e. The van der Waals surface area contributed by atoms with Crippen molar-refractivity contribution in [2.24, 2.45) is 0 Å². The first-order chi connectivity index (χ1) is 14.7. The highest BCUT2D eigenvalue weighted by molar-refractivity contribution is 6.02. The number of benzene rings is 3. The molecule has 1 unspecified atom stereocenters.